The highest BCUT2D eigenvalue weighted by atomic mass is 19.1. The predicted molar refractivity (Wildman–Crippen MR) is 136 cm³/mol. The second-order valence-corrected chi connectivity index (χ2v) is 8.47. The van der Waals surface area contributed by atoms with Gasteiger partial charge < -0.3 is 9.80 Å². The predicted octanol–water partition coefficient (Wildman–Crippen LogP) is 5.87. The fourth-order valence-electron chi connectivity index (χ4n) is 3.88. The quantitative estimate of drug-likeness (QED) is 0.326. The van der Waals surface area contributed by atoms with E-state index in [0.717, 1.165) is 11.1 Å². The first-order chi connectivity index (χ1) is 17.0. The molecule has 0 aromatic heterocycles. The molecular weight excluding hydrogens is 439 g/mol. The molecule has 0 N–H and O–H groups in total. The Hall–Kier alpha value is -4.25. The molecule has 0 fully saturated rings. The molecule has 0 aliphatic rings. The lowest BCUT2D eigenvalue weighted by Gasteiger charge is -2.24. The lowest BCUT2D eigenvalue weighted by molar-refractivity contribution is -0.129. The summed E-state index contributed by atoms with van der Waals surface area (Å²) in [5.41, 5.74) is 3.85. The van der Waals surface area contributed by atoms with Gasteiger partial charge in [0.1, 0.15) is 5.82 Å². The van der Waals surface area contributed by atoms with Gasteiger partial charge in [0.25, 0.3) is 5.91 Å². The van der Waals surface area contributed by atoms with Crippen molar-refractivity contribution in [3.63, 3.8) is 0 Å². The highest BCUT2D eigenvalue weighted by molar-refractivity contribution is 6.06. The molecule has 5 heteroatoms. The van der Waals surface area contributed by atoms with Crippen LogP contribution in [0.25, 0.3) is 0 Å². The zero-order chi connectivity index (χ0) is 24.6. The largest absolute Gasteiger partial charge is 0.341 e. The van der Waals surface area contributed by atoms with Crippen molar-refractivity contribution in [1.29, 1.82) is 0 Å². The Morgan fingerprint density at radius 1 is 0.686 bits per heavy atom. The molecule has 0 radical (unpaired) electrons. The Labute approximate surface area is 205 Å². The van der Waals surface area contributed by atoms with Gasteiger partial charge in [0, 0.05) is 24.8 Å². The van der Waals surface area contributed by atoms with Crippen LogP contribution in [0.2, 0.25) is 0 Å². The van der Waals surface area contributed by atoms with Crippen LogP contribution in [0.15, 0.2) is 109 Å². The summed E-state index contributed by atoms with van der Waals surface area (Å²) in [6, 6.07) is 32.5. The van der Waals surface area contributed by atoms with Crippen LogP contribution in [0, 0.1) is 5.82 Å². The molecule has 0 saturated heterocycles. The van der Waals surface area contributed by atoms with Crippen molar-refractivity contribution in [3.8, 4) is 0 Å². The minimum Gasteiger partial charge on any atom is -0.341 e. The van der Waals surface area contributed by atoms with E-state index in [9.17, 15) is 14.0 Å². The Balaban J connectivity index is 1.51. The van der Waals surface area contributed by atoms with Gasteiger partial charge in [-0.05, 0) is 53.1 Å². The topological polar surface area (TPSA) is 40.6 Å². The highest BCUT2D eigenvalue weighted by Gasteiger charge is 2.19. The van der Waals surface area contributed by atoms with Crippen LogP contribution in [0.3, 0.4) is 0 Å². The normalized spacial score (nSPS) is 10.6. The first-order valence-corrected chi connectivity index (χ1v) is 11.5. The average molecular weight is 467 g/mol. The first-order valence-electron chi connectivity index (χ1n) is 11.5. The Morgan fingerprint density at radius 2 is 1.31 bits per heavy atom. The summed E-state index contributed by atoms with van der Waals surface area (Å²) in [5, 5.41) is 0. The molecule has 2 amide bonds. The fraction of sp³-hybridized carbons (Fsp3) is 0.133. The maximum absolute atomic E-state index is 13.8. The Morgan fingerprint density at radius 3 is 1.97 bits per heavy atom. The molecule has 0 unspecified atom stereocenters. The number of halogens is 1. The van der Waals surface area contributed by atoms with Crippen molar-refractivity contribution in [2.75, 3.05) is 11.9 Å². The minimum atomic E-state index is -0.344. The smallest absolute Gasteiger partial charge is 0.258 e. The van der Waals surface area contributed by atoms with E-state index < -0.39 is 0 Å². The zero-order valence-corrected chi connectivity index (χ0v) is 19.6. The van der Waals surface area contributed by atoms with Gasteiger partial charge in [-0.3, -0.25) is 9.59 Å². The van der Waals surface area contributed by atoms with E-state index in [-0.39, 0.29) is 30.6 Å². The summed E-state index contributed by atoms with van der Waals surface area (Å²) in [6.07, 6.45) is 0.264. The van der Waals surface area contributed by atoms with Crippen LogP contribution in [-0.2, 0) is 24.3 Å². The van der Waals surface area contributed by atoms with E-state index in [1.807, 2.05) is 72.8 Å². The van der Waals surface area contributed by atoms with E-state index >= 15 is 0 Å². The lowest BCUT2D eigenvalue weighted by atomic mass is 10.1. The van der Waals surface area contributed by atoms with Gasteiger partial charge in [-0.15, -0.1) is 0 Å². The van der Waals surface area contributed by atoms with Crippen LogP contribution in [0.1, 0.15) is 27.0 Å². The third-order valence-corrected chi connectivity index (χ3v) is 5.79. The summed E-state index contributed by atoms with van der Waals surface area (Å²) >= 11 is 0. The van der Waals surface area contributed by atoms with Gasteiger partial charge in [0.05, 0.1) is 13.0 Å². The van der Waals surface area contributed by atoms with Gasteiger partial charge in [-0.1, -0.05) is 72.8 Å². The molecule has 176 valence electrons. The molecule has 4 rings (SSSR count). The third-order valence-electron chi connectivity index (χ3n) is 5.79. The number of amides is 2. The number of hydrogen-bond donors (Lipinski definition) is 0. The second kappa shape index (κ2) is 11.3. The molecule has 35 heavy (non-hydrogen) atoms. The molecule has 4 nitrogen and oxygen atoms in total. The molecule has 0 bridgehead atoms. The van der Waals surface area contributed by atoms with Crippen LogP contribution >= 0.6 is 0 Å². The van der Waals surface area contributed by atoms with Crippen LogP contribution in [0.5, 0.6) is 0 Å². The van der Waals surface area contributed by atoms with Crippen LogP contribution < -0.4 is 4.90 Å². The molecule has 0 heterocycles. The van der Waals surface area contributed by atoms with Gasteiger partial charge in [-0.25, -0.2) is 4.39 Å². The van der Waals surface area contributed by atoms with E-state index in [2.05, 4.69) is 0 Å². The van der Waals surface area contributed by atoms with Crippen molar-refractivity contribution >= 4 is 17.5 Å². The van der Waals surface area contributed by atoms with E-state index in [1.54, 1.807) is 41.1 Å². The lowest BCUT2D eigenvalue weighted by Crippen LogP contribution is -2.30. The molecule has 0 atom stereocenters. The molecule has 4 aromatic carbocycles. The molecule has 0 aliphatic carbocycles. The second-order valence-electron chi connectivity index (χ2n) is 8.47. The number of carbonyl (C=O) groups excluding carboxylic acids is 2. The number of likely N-dealkylation sites (N-methyl/N-ethyl adjacent to an activating group) is 1. The number of carbonyl (C=O) groups is 2. The third kappa shape index (κ3) is 6.42. The van der Waals surface area contributed by atoms with Crippen LogP contribution in [0.4, 0.5) is 10.1 Å². The molecular formula is C30H27FN2O2. The standard InChI is InChI=1S/C30H27FN2O2/c1-32(21-24-9-4-2-5-10-24)29(34)20-23-15-17-28(18-16-23)33(22-25-11-8-14-27(31)19-25)30(35)26-12-6-3-7-13-26/h2-19H,20-22H2,1H3. The van der Waals surface area contributed by atoms with Crippen molar-refractivity contribution in [2.45, 2.75) is 19.5 Å². The number of nitrogens with zero attached hydrogens (tertiary/aromatic N) is 2. The van der Waals surface area contributed by atoms with E-state index in [0.29, 0.717) is 23.4 Å². The highest BCUT2D eigenvalue weighted by Crippen LogP contribution is 2.22. The summed E-state index contributed by atoms with van der Waals surface area (Å²) in [5.74, 6) is -0.511. The minimum absolute atomic E-state index is 0.0126. The van der Waals surface area contributed by atoms with Gasteiger partial charge in [-0.2, -0.15) is 0 Å². The monoisotopic (exact) mass is 466 g/mol. The van der Waals surface area contributed by atoms with Gasteiger partial charge in [0.2, 0.25) is 5.91 Å². The SMILES string of the molecule is CN(Cc1ccccc1)C(=O)Cc1ccc(N(Cc2cccc(F)c2)C(=O)c2ccccc2)cc1. The summed E-state index contributed by atoms with van der Waals surface area (Å²) in [6.45, 7) is 0.772. The first kappa shape index (κ1) is 23.9. The number of anilines is 1. The van der Waals surface area contributed by atoms with Crippen molar-refractivity contribution in [2.24, 2.45) is 0 Å². The van der Waals surface area contributed by atoms with E-state index in [1.165, 1.54) is 12.1 Å². The number of benzene rings is 4. The molecule has 4 aromatic rings. The van der Waals surface area contributed by atoms with E-state index in [4.69, 9.17) is 0 Å². The van der Waals surface area contributed by atoms with Gasteiger partial charge >= 0.3 is 0 Å². The average Bonchev–Trinajstić information content (AvgIpc) is 2.88. The molecule has 0 saturated carbocycles. The van der Waals surface area contributed by atoms with Crippen LogP contribution in [-0.4, -0.2) is 23.8 Å². The maximum atomic E-state index is 13.8. The molecule has 0 spiro atoms. The molecule has 0 aliphatic heterocycles. The number of hydrogen-bond acceptors (Lipinski definition) is 2. The summed E-state index contributed by atoms with van der Waals surface area (Å²) < 4.78 is 13.8. The van der Waals surface area contributed by atoms with Crippen molar-refractivity contribution in [1.82, 2.24) is 4.90 Å². The summed E-state index contributed by atoms with van der Waals surface area (Å²) in [4.78, 5) is 29.4. The maximum Gasteiger partial charge on any atom is 0.258 e. The fourth-order valence-corrected chi connectivity index (χ4v) is 3.88. The van der Waals surface area contributed by atoms with Crippen molar-refractivity contribution in [3.05, 3.63) is 137 Å². The zero-order valence-electron chi connectivity index (χ0n) is 19.6. The number of rotatable bonds is 8. The Kier molecular flexibility index (Phi) is 7.68. The van der Waals surface area contributed by atoms with Gasteiger partial charge in [0.15, 0.2) is 0 Å². The van der Waals surface area contributed by atoms with Crippen molar-refractivity contribution < 1.29 is 14.0 Å². The summed E-state index contributed by atoms with van der Waals surface area (Å²) in [7, 11) is 1.79. The Bertz CT molecular complexity index is 1270.